The van der Waals surface area contributed by atoms with Crippen molar-refractivity contribution in [3.8, 4) is 22.6 Å². The Morgan fingerprint density at radius 3 is 2.47 bits per heavy atom. The first-order chi connectivity index (χ1) is 17.2. The minimum atomic E-state index is -0.632. The van der Waals surface area contributed by atoms with Gasteiger partial charge in [-0.1, -0.05) is 39.8 Å². The van der Waals surface area contributed by atoms with Crippen molar-refractivity contribution in [2.45, 2.75) is 58.4 Å². The lowest BCUT2D eigenvalue weighted by atomic mass is 9.66. The number of hydrogen-bond donors (Lipinski definition) is 0. The molecule has 1 aromatic carbocycles. The van der Waals surface area contributed by atoms with Crippen molar-refractivity contribution < 1.29 is 8.78 Å². The summed E-state index contributed by atoms with van der Waals surface area (Å²) in [7, 11) is 0. The summed E-state index contributed by atoms with van der Waals surface area (Å²) in [6, 6.07) is 13.8. The Balaban J connectivity index is 1.46. The monoisotopic (exact) mass is 485 g/mol. The Morgan fingerprint density at radius 1 is 0.972 bits per heavy atom. The van der Waals surface area contributed by atoms with Gasteiger partial charge in [0.2, 0.25) is 0 Å². The molecule has 1 saturated carbocycles. The molecule has 0 saturated heterocycles. The van der Waals surface area contributed by atoms with Gasteiger partial charge in [-0.2, -0.15) is 10.2 Å². The Labute approximate surface area is 209 Å². The van der Waals surface area contributed by atoms with Crippen molar-refractivity contribution in [2.24, 2.45) is 11.3 Å². The van der Waals surface area contributed by atoms with Crippen molar-refractivity contribution in [3.63, 3.8) is 0 Å². The van der Waals surface area contributed by atoms with Crippen LogP contribution in [0.2, 0.25) is 0 Å². The van der Waals surface area contributed by atoms with E-state index >= 15 is 0 Å². The molecule has 2 aliphatic rings. The number of nitrogens with zero attached hydrogens (tertiary/aromatic N) is 5. The third-order valence-electron chi connectivity index (χ3n) is 8.24. The Kier molecular flexibility index (Phi) is 5.11. The minimum Gasteiger partial charge on any atom is -0.272 e. The number of benzene rings is 1. The average Bonchev–Trinajstić information content (AvgIpc) is 3.46. The zero-order valence-corrected chi connectivity index (χ0v) is 21.0. The molecule has 2 aliphatic carbocycles. The van der Waals surface area contributed by atoms with Gasteiger partial charge in [-0.3, -0.25) is 9.67 Å². The quantitative estimate of drug-likeness (QED) is 0.322. The fourth-order valence-electron chi connectivity index (χ4n) is 6.55. The molecule has 0 unspecified atom stereocenters. The first-order valence-electron chi connectivity index (χ1n) is 12.6. The van der Waals surface area contributed by atoms with Crippen LogP contribution in [0.3, 0.4) is 0 Å². The van der Waals surface area contributed by atoms with Crippen LogP contribution in [-0.4, -0.2) is 25.0 Å². The molecule has 7 heteroatoms. The first kappa shape index (κ1) is 23.0. The maximum atomic E-state index is 14.5. The molecule has 0 aliphatic heterocycles. The highest BCUT2D eigenvalue weighted by molar-refractivity contribution is 5.64. The van der Waals surface area contributed by atoms with Crippen molar-refractivity contribution in [2.75, 3.05) is 0 Å². The number of halogens is 2. The molecule has 36 heavy (non-hydrogen) atoms. The van der Waals surface area contributed by atoms with Gasteiger partial charge in [-0.25, -0.2) is 8.78 Å². The summed E-state index contributed by atoms with van der Waals surface area (Å²) in [6.07, 6.45) is 3.86. The molecular formula is C29H29F2N5. The smallest absolute Gasteiger partial charge is 0.135 e. The average molecular weight is 486 g/mol. The summed E-state index contributed by atoms with van der Waals surface area (Å²) in [5.41, 5.74) is 4.02. The Morgan fingerprint density at radius 2 is 1.72 bits per heavy atom. The molecular weight excluding hydrogens is 456 g/mol. The van der Waals surface area contributed by atoms with Crippen LogP contribution in [0.4, 0.5) is 8.78 Å². The topological polar surface area (TPSA) is 56.5 Å². The second-order valence-corrected chi connectivity index (χ2v) is 11.1. The third kappa shape index (κ3) is 3.18. The molecule has 0 spiro atoms. The summed E-state index contributed by atoms with van der Waals surface area (Å²) in [6.45, 7) is 9.69. The summed E-state index contributed by atoms with van der Waals surface area (Å²) in [5.74, 6) is -0.559. The Hall–Kier alpha value is -3.48. The van der Waals surface area contributed by atoms with Crippen LogP contribution in [0.5, 0.6) is 0 Å². The van der Waals surface area contributed by atoms with E-state index in [1.54, 1.807) is 0 Å². The number of rotatable bonds is 5. The van der Waals surface area contributed by atoms with Crippen molar-refractivity contribution in [1.82, 2.24) is 25.0 Å². The molecule has 4 aromatic rings. The first-order valence-corrected chi connectivity index (χ1v) is 12.6. The van der Waals surface area contributed by atoms with Gasteiger partial charge in [0.25, 0.3) is 0 Å². The SMILES string of the molecule is CC(C)Cn1ccc(-c2cccc([C@@]34CC[C@@H](c5cc(-c6c(F)cccc6F)nnc53)C4(C)C)n2)n1. The van der Waals surface area contributed by atoms with Crippen LogP contribution < -0.4 is 0 Å². The standard InChI is InChI=1S/C29H29F2N5/c1-17(2)16-36-14-12-23(35-36)22-9-6-10-25(32-22)29-13-11-19(28(29,3)4)18-15-24(33-34-27(18)29)26-20(30)7-5-8-21(26)31/h5-10,12,14-15,17,19H,11,13,16H2,1-4H3/t19-,29-/m0/s1. The molecule has 0 radical (unpaired) electrons. The van der Waals surface area contributed by atoms with E-state index in [1.165, 1.54) is 18.2 Å². The van der Waals surface area contributed by atoms with E-state index < -0.39 is 17.0 Å². The van der Waals surface area contributed by atoms with E-state index in [-0.39, 0.29) is 22.6 Å². The van der Waals surface area contributed by atoms with E-state index in [4.69, 9.17) is 10.1 Å². The summed E-state index contributed by atoms with van der Waals surface area (Å²) >= 11 is 0. The molecule has 0 amide bonds. The third-order valence-corrected chi connectivity index (χ3v) is 8.24. The molecule has 6 rings (SSSR count). The lowest BCUT2D eigenvalue weighted by molar-refractivity contribution is 0.243. The second kappa shape index (κ2) is 8.02. The van der Waals surface area contributed by atoms with E-state index in [0.29, 0.717) is 5.92 Å². The number of aromatic nitrogens is 5. The lowest BCUT2D eigenvalue weighted by Crippen LogP contribution is -2.37. The molecule has 0 N–H and O–H groups in total. The van der Waals surface area contributed by atoms with E-state index in [0.717, 1.165) is 47.7 Å². The predicted molar refractivity (Wildman–Crippen MR) is 134 cm³/mol. The van der Waals surface area contributed by atoms with Gasteiger partial charge in [-0.15, -0.1) is 5.10 Å². The summed E-state index contributed by atoms with van der Waals surface area (Å²) in [4.78, 5) is 5.13. The van der Waals surface area contributed by atoms with Gasteiger partial charge in [0, 0.05) is 12.7 Å². The van der Waals surface area contributed by atoms with Crippen LogP contribution in [0.1, 0.15) is 63.4 Å². The summed E-state index contributed by atoms with van der Waals surface area (Å²) in [5, 5.41) is 13.7. The van der Waals surface area contributed by atoms with Crippen LogP contribution in [0.15, 0.2) is 54.7 Å². The molecule has 3 aromatic heterocycles. The fraction of sp³-hybridized carbons (Fsp3) is 0.379. The van der Waals surface area contributed by atoms with Gasteiger partial charge < -0.3 is 0 Å². The fourth-order valence-corrected chi connectivity index (χ4v) is 6.55. The highest BCUT2D eigenvalue weighted by Gasteiger charge is 2.65. The number of pyridine rings is 1. The second-order valence-electron chi connectivity index (χ2n) is 11.1. The molecule has 2 atom stereocenters. The Bertz CT molecular complexity index is 1450. The molecule has 1 fully saturated rings. The molecule has 184 valence electrons. The van der Waals surface area contributed by atoms with Gasteiger partial charge in [0.05, 0.1) is 33.8 Å². The normalized spacial score (nSPS) is 21.8. The number of fused-ring (bicyclic) bond motifs is 5. The minimum absolute atomic E-state index is 0.125. The highest BCUT2D eigenvalue weighted by Crippen LogP contribution is 2.69. The maximum Gasteiger partial charge on any atom is 0.135 e. The van der Waals surface area contributed by atoms with Crippen molar-refractivity contribution in [3.05, 3.63) is 83.3 Å². The number of hydrogen-bond acceptors (Lipinski definition) is 4. The largest absolute Gasteiger partial charge is 0.272 e. The molecule has 5 nitrogen and oxygen atoms in total. The predicted octanol–water partition coefficient (Wildman–Crippen LogP) is 6.54. The van der Waals surface area contributed by atoms with Crippen LogP contribution in [-0.2, 0) is 12.0 Å². The lowest BCUT2D eigenvalue weighted by Gasteiger charge is -2.37. The van der Waals surface area contributed by atoms with E-state index in [1.807, 2.05) is 35.1 Å². The zero-order valence-electron chi connectivity index (χ0n) is 21.0. The van der Waals surface area contributed by atoms with Crippen molar-refractivity contribution >= 4 is 0 Å². The van der Waals surface area contributed by atoms with E-state index in [9.17, 15) is 8.78 Å². The van der Waals surface area contributed by atoms with Crippen LogP contribution >= 0.6 is 0 Å². The molecule has 3 heterocycles. The maximum absolute atomic E-state index is 14.5. The molecule has 2 bridgehead atoms. The van der Waals surface area contributed by atoms with Crippen LogP contribution in [0, 0.1) is 23.0 Å². The summed E-state index contributed by atoms with van der Waals surface area (Å²) < 4.78 is 31.0. The van der Waals surface area contributed by atoms with Gasteiger partial charge >= 0.3 is 0 Å². The highest BCUT2D eigenvalue weighted by atomic mass is 19.1. The van der Waals surface area contributed by atoms with Gasteiger partial charge in [-0.05, 0) is 72.1 Å². The van der Waals surface area contributed by atoms with Crippen molar-refractivity contribution in [1.29, 1.82) is 0 Å². The van der Waals surface area contributed by atoms with Crippen LogP contribution in [0.25, 0.3) is 22.6 Å². The van der Waals surface area contributed by atoms with Gasteiger partial charge in [0.15, 0.2) is 0 Å². The van der Waals surface area contributed by atoms with E-state index in [2.05, 4.69) is 44.0 Å². The van der Waals surface area contributed by atoms with Gasteiger partial charge in [0.1, 0.15) is 17.3 Å². The zero-order chi connectivity index (χ0) is 25.2.